The van der Waals surface area contributed by atoms with E-state index >= 15 is 0 Å². The largest absolute Gasteiger partial charge is 0.472 e. The van der Waals surface area contributed by atoms with Gasteiger partial charge in [0.05, 0.1) is 17.4 Å². The Bertz CT molecular complexity index is 674. The number of nitrogens with two attached hydrogens (primary N) is 1. The Labute approximate surface area is 112 Å². The van der Waals surface area contributed by atoms with E-state index in [1.807, 2.05) is 24.3 Å². The summed E-state index contributed by atoms with van der Waals surface area (Å²) < 4.78 is 11.3. The number of nitrogen functional groups attached to an aromatic ring is 1. The first kappa shape index (κ1) is 11.1. The van der Waals surface area contributed by atoms with E-state index in [4.69, 9.17) is 14.7 Å². The summed E-state index contributed by atoms with van der Waals surface area (Å²) >= 11 is 3.50. The van der Waals surface area contributed by atoms with Crippen LogP contribution >= 0.6 is 15.9 Å². The molecule has 0 fully saturated rings. The van der Waals surface area contributed by atoms with Crippen molar-refractivity contribution < 1.29 is 8.94 Å². The summed E-state index contributed by atoms with van der Waals surface area (Å²) in [5.41, 5.74) is 8.41. The first-order valence-corrected chi connectivity index (χ1v) is 6.09. The van der Waals surface area contributed by atoms with Crippen LogP contribution in [-0.4, -0.2) is 5.16 Å². The molecule has 2 N–H and O–H groups in total. The zero-order valence-corrected chi connectivity index (χ0v) is 10.8. The molecular weight excluding hydrogens is 296 g/mol. The van der Waals surface area contributed by atoms with Crippen LogP contribution in [0.4, 0.5) is 5.82 Å². The van der Waals surface area contributed by atoms with E-state index < -0.39 is 0 Å². The van der Waals surface area contributed by atoms with E-state index in [1.165, 1.54) is 0 Å². The van der Waals surface area contributed by atoms with Crippen molar-refractivity contribution in [1.82, 2.24) is 5.16 Å². The van der Waals surface area contributed by atoms with Gasteiger partial charge in [0.15, 0.2) is 11.6 Å². The lowest BCUT2D eigenvalue weighted by Gasteiger charge is -2.03. The quantitative estimate of drug-likeness (QED) is 0.778. The number of nitrogens with zero attached hydrogens (tertiary/aromatic N) is 1. The van der Waals surface area contributed by atoms with Gasteiger partial charge in [-0.1, -0.05) is 39.3 Å². The number of anilines is 1. The van der Waals surface area contributed by atoms with Gasteiger partial charge in [0.25, 0.3) is 0 Å². The standard InChI is InChI=1S/C13H9BrN2O2/c14-10-4-2-1-3-9(10)11-12(18-16-13(11)15)8-5-6-17-7-8/h1-7H,(H2,15,16). The van der Waals surface area contributed by atoms with E-state index in [1.54, 1.807) is 18.6 Å². The van der Waals surface area contributed by atoms with Gasteiger partial charge >= 0.3 is 0 Å². The SMILES string of the molecule is Nc1noc(-c2ccoc2)c1-c1ccccc1Br. The van der Waals surface area contributed by atoms with Crippen LogP contribution in [0.15, 0.2) is 56.3 Å². The van der Waals surface area contributed by atoms with Crippen molar-refractivity contribution in [3.05, 3.63) is 47.3 Å². The molecule has 1 aromatic carbocycles. The monoisotopic (exact) mass is 304 g/mol. The van der Waals surface area contributed by atoms with Gasteiger partial charge in [0.2, 0.25) is 0 Å². The first-order chi connectivity index (χ1) is 8.77. The normalized spacial score (nSPS) is 10.7. The third-order valence-corrected chi connectivity index (χ3v) is 3.34. The van der Waals surface area contributed by atoms with E-state index in [0.29, 0.717) is 11.6 Å². The van der Waals surface area contributed by atoms with Gasteiger partial charge in [0, 0.05) is 10.0 Å². The smallest absolute Gasteiger partial charge is 0.180 e. The Morgan fingerprint density at radius 2 is 2.00 bits per heavy atom. The highest BCUT2D eigenvalue weighted by molar-refractivity contribution is 9.10. The predicted octanol–water partition coefficient (Wildman–Crippen LogP) is 3.95. The van der Waals surface area contributed by atoms with E-state index in [-0.39, 0.29) is 0 Å². The van der Waals surface area contributed by atoms with E-state index in [2.05, 4.69) is 21.1 Å². The molecule has 0 bridgehead atoms. The van der Waals surface area contributed by atoms with Gasteiger partial charge in [-0.3, -0.25) is 0 Å². The number of halogens is 1. The Hall–Kier alpha value is -2.01. The lowest BCUT2D eigenvalue weighted by molar-refractivity contribution is 0.435. The van der Waals surface area contributed by atoms with Crippen LogP contribution in [0.2, 0.25) is 0 Å². The molecule has 90 valence electrons. The molecule has 0 saturated carbocycles. The Morgan fingerprint density at radius 3 is 2.72 bits per heavy atom. The molecule has 0 aliphatic carbocycles. The van der Waals surface area contributed by atoms with Crippen molar-refractivity contribution in [3.63, 3.8) is 0 Å². The van der Waals surface area contributed by atoms with Gasteiger partial charge in [0.1, 0.15) is 6.26 Å². The van der Waals surface area contributed by atoms with Crippen molar-refractivity contribution in [2.45, 2.75) is 0 Å². The Morgan fingerprint density at radius 1 is 1.17 bits per heavy atom. The fourth-order valence-corrected chi connectivity index (χ4v) is 2.30. The number of furan rings is 1. The van der Waals surface area contributed by atoms with Crippen LogP contribution in [0.1, 0.15) is 0 Å². The summed E-state index contributed by atoms with van der Waals surface area (Å²) in [6.45, 7) is 0. The van der Waals surface area contributed by atoms with E-state index in [0.717, 1.165) is 21.2 Å². The van der Waals surface area contributed by atoms with Crippen molar-refractivity contribution in [1.29, 1.82) is 0 Å². The molecule has 0 aliphatic rings. The topological polar surface area (TPSA) is 65.2 Å². The molecule has 18 heavy (non-hydrogen) atoms. The second-order valence-corrected chi connectivity index (χ2v) is 4.62. The zero-order valence-electron chi connectivity index (χ0n) is 9.26. The molecule has 4 nitrogen and oxygen atoms in total. The van der Waals surface area contributed by atoms with Crippen LogP contribution in [0.25, 0.3) is 22.5 Å². The summed E-state index contributed by atoms with van der Waals surface area (Å²) in [6, 6.07) is 9.58. The van der Waals surface area contributed by atoms with Crippen LogP contribution in [0, 0.1) is 0 Å². The maximum Gasteiger partial charge on any atom is 0.180 e. The maximum atomic E-state index is 5.89. The number of benzene rings is 1. The molecule has 2 heterocycles. The second kappa shape index (κ2) is 4.34. The molecule has 0 saturated heterocycles. The molecule has 0 aliphatic heterocycles. The predicted molar refractivity (Wildman–Crippen MR) is 71.8 cm³/mol. The summed E-state index contributed by atoms with van der Waals surface area (Å²) in [5, 5.41) is 3.83. The highest BCUT2D eigenvalue weighted by atomic mass is 79.9. The third-order valence-electron chi connectivity index (χ3n) is 2.65. The number of hydrogen-bond donors (Lipinski definition) is 1. The molecule has 0 radical (unpaired) electrons. The molecular formula is C13H9BrN2O2. The minimum absolute atomic E-state index is 0.359. The summed E-state index contributed by atoms with van der Waals surface area (Å²) in [7, 11) is 0. The van der Waals surface area contributed by atoms with E-state index in [9.17, 15) is 0 Å². The van der Waals surface area contributed by atoms with Crippen LogP contribution in [0.3, 0.4) is 0 Å². The van der Waals surface area contributed by atoms with Crippen molar-refractivity contribution in [3.8, 4) is 22.5 Å². The van der Waals surface area contributed by atoms with Gasteiger partial charge in [-0.25, -0.2) is 0 Å². The highest BCUT2D eigenvalue weighted by Gasteiger charge is 2.19. The molecule has 5 heteroatoms. The number of rotatable bonds is 2. The van der Waals surface area contributed by atoms with Crippen molar-refractivity contribution >= 4 is 21.7 Å². The average Bonchev–Trinajstić information content (AvgIpc) is 2.99. The van der Waals surface area contributed by atoms with Crippen LogP contribution in [0.5, 0.6) is 0 Å². The molecule has 0 atom stereocenters. The van der Waals surface area contributed by atoms with Crippen LogP contribution < -0.4 is 5.73 Å². The van der Waals surface area contributed by atoms with Gasteiger partial charge in [-0.2, -0.15) is 0 Å². The molecule has 0 spiro atoms. The van der Waals surface area contributed by atoms with Gasteiger partial charge < -0.3 is 14.7 Å². The molecule has 0 unspecified atom stereocenters. The summed E-state index contributed by atoms with van der Waals surface area (Å²) in [6.07, 6.45) is 3.18. The molecule has 3 rings (SSSR count). The van der Waals surface area contributed by atoms with Gasteiger partial charge in [-0.15, -0.1) is 0 Å². The minimum atomic E-state index is 0.359. The average molecular weight is 305 g/mol. The summed E-state index contributed by atoms with van der Waals surface area (Å²) in [4.78, 5) is 0. The fraction of sp³-hybridized carbons (Fsp3) is 0. The van der Waals surface area contributed by atoms with Crippen molar-refractivity contribution in [2.75, 3.05) is 5.73 Å². The third kappa shape index (κ3) is 1.73. The zero-order chi connectivity index (χ0) is 12.5. The van der Waals surface area contributed by atoms with Crippen LogP contribution in [-0.2, 0) is 0 Å². The van der Waals surface area contributed by atoms with Gasteiger partial charge in [-0.05, 0) is 12.1 Å². The molecule has 2 aromatic heterocycles. The lowest BCUT2D eigenvalue weighted by atomic mass is 10.0. The maximum absolute atomic E-state index is 5.89. The lowest BCUT2D eigenvalue weighted by Crippen LogP contribution is -1.89. The minimum Gasteiger partial charge on any atom is -0.472 e. The molecule has 3 aromatic rings. The first-order valence-electron chi connectivity index (χ1n) is 5.30. The summed E-state index contributed by atoms with van der Waals surface area (Å²) in [5.74, 6) is 0.964. The molecule has 0 amide bonds. The van der Waals surface area contributed by atoms with Crippen molar-refractivity contribution in [2.24, 2.45) is 0 Å². The highest BCUT2D eigenvalue weighted by Crippen LogP contribution is 2.39. The number of aromatic nitrogens is 1. The second-order valence-electron chi connectivity index (χ2n) is 3.76. The Balaban J connectivity index is 2.24. The fourth-order valence-electron chi connectivity index (χ4n) is 1.82. The Kier molecular flexibility index (Phi) is 2.68. The number of hydrogen-bond acceptors (Lipinski definition) is 4.